The summed E-state index contributed by atoms with van der Waals surface area (Å²) < 4.78 is 7.53. The van der Waals surface area contributed by atoms with Gasteiger partial charge in [-0.05, 0) is 37.3 Å². The van der Waals surface area contributed by atoms with E-state index in [1.54, 1.807) is 35.4 Å². The summed E-state index contributed by atoms with van der Waals surface area (Å²) in [6.45, 7) is 2.98. The highest BCUT2D eigenvalue weighted by Crippen LogP contribution is 2.15. The minimum atomic E-state index is -0.133. The van der Waals surface area contributed by atoms with Crippen molar-refractivity contribution in [1.82, 2.24) is 20.1 Å². The average molecular weight is 336 g/mol. The molecule has 128 valence electrons. The number of carbonyl (C=O) groups excluding carboxylic acids is 1. The number of hydrogen-bond acceptors (Lipinski definition) is 4. The normalized spacial score (nSPS) is 11.7. The van der Waals surface area contributed by atoms with Gasteiger partial charge in [0.15, 0.2) is 0 Å². The van der Waals surface area contributed by atoms with Crippen molar-refractivity contribution in [3.63, 3.8) is 0 Å². The van der Waals surface area contributed by atoms with Crippen molar-refractivity contribution in [3.05, 3.63) is 78.4 Å². The molecule has 1 atom stereocenters. The number of amides is 1. The first kappa shape index (κ1) is 16.7. The van der Waals surface area contributed by atoms with Crippen LogP contribution in [0.15, 0.2) is 67.3 Å². The fourth-order valence-electron chi connectivity index (χ4n) is 2.42. The molecule has 2 aromatic heterocycles. The van der Waals surface area contributed by atoms with Crippen LogP contribution in [0.25, 0.3) is 0 Å². The van der Waals surface area contributed by atoms with Crippen LogP contribution in [-0.4, -0.2) is 26.7 Å². The maximum Gasteiger partial charge on any atom is 0.251 e. The zero-order chi connectivity index (χ0) is 17.5. The summed E-state index contributed by atoms with van der Waals surface area (Å²) in [4.78, 5) is 16.5. The molecule has 0 bridgehead atoms. The van der Waals surface area contributed by atoms with E-state index in [0.29, 0.717) is 24.5 Å². The molecule has 0 aliphatic rings. The summed E-state index contributed by atoms with van der Waals surface area (Å²) in [6.07, 6.45) is 7.07. The van der Waals surface area contributed by atoms with Gasteiger partial charge in [-0.3, -0.25) is 14.5 Å². The number of carbonyl (C=O) groups is 1. The average Bonchev–Trinajstić information content (AvgIpc) is 3.14. The Balaban J connectivity index is 1.57. The topological polar surface area (TPSA) is 69.0 Å². The van der Waals surface area contributed by atoms with Gasteiger partial charge in [-0.2, -0.15) is 5.10 Å². The Hall–Kier alpha value is -3.15. The molecule has 1 aromatic carbocycles. The van der Waals surface area contributed by atoms with Crippen molar-refractivity contribution in [2.24, 2.45) is 0 Å². The van der Waals surface area contributed by atoms with E-state index in [2.05, 4.69) is 15.4 Å². The van der Waals surface area contributed by atoms with Crippen molar-refractivity contribution >= 4 is 5.91 Å². The first-order chi connectivity index (χ1) is 12.2. The molecule has 1 N–H and O–H groups in total. The molecular formula is C19H20N4O2. The molecule has 0 saturated carbocycles. The van der Waals surface area contributed by atoms with Gasteiger partial charge in [0, 0.05) is 42.0 Å². The van der Waals surface area contributed by atoms with E-state index in [0.717, 1.165) is 5.56 Å². The lowest BCUT2D eigenvalue weighted by atomic mass is 10.2. The lowest BCUT2D eigenvalue weighted by Gasteiger charge is -2.14. The molecule has 0 aliphatic carbocycles. The standard InChI is InChI=1S/C19H20N4O2/c1-15(13-23-10-4-9-21-23)22-19(24)17-6-2-7-18(11-17)25-14-16-5-3-8-20-12-16/h2-12,15H,13-14H2,1H3,(H,22,24)/t15-/m0/s1. The molecule has 0 unspecified atom stereocenters. The summed E-state index contributed by atoms with van der Waals surface area (Å²) in [5.41, 5.74) is 1.54. The lowest BCUT2D eigenvalue weighted by Crippen LogP contribution is -2.35. The number of ether oxygens (including phenoxy) is 1. The smallest absolute Gasteiger partial charge is 0.251 e. The number of pyridine rings is 1. The fourth-order valence-corrected chi connectivity index (χ4v) is 2.42. The quantitative estimate of drug-likeness (QED) is 0.720. The third-order valence-corrected chi connectivity index (χ3v) is 3.62. The number of nitrogens with zero attached hydrogens (tertiary/aromatic N) is 3. The molecule has 3 rings (SSSR count). The van der Waals surface area contributed by atoms with Gasteiger partial charge in [0.25, 0.3) is 5.91 Å². The van der Waals surface area contributed by atoms with Gasteiger partial charge in [0.2, 0.25) is 0 Å². The number of hydrogen-bond donors (Lipinski definition) is 1. The predicted octanol–water partition coefficient (Wildman–Crippen LogP) is 2.68. The molecule has 0 fully saturated rings. The molecule has 0 radical (unpaired) electrons. The zero-order valence-corrected chi connectivity index (χ0v) is 14.0. The van der Waals surface area contributed by atoms with Crippen molar-refractivity contribution in [2.75, 3.05) is 0 Å². The maximum atomic E-state index is 12.4. The lowest BCUT2D eigenvalue weighted by molar-refractivity contribution is 0.0935. The van der Waals surface area contributed by atoms with E-state index in [1.807, 2.05) is 43.5 Å². The predicted molar refractivity (Wildman–Crippen MR) is 94.2 cm³/mol. The van der Waals surface area contributed by atoms with Gasteiger partial charge in [-0.15, -0.1) is 0 Å². The highest BCUT2D eigenvalue weighted by molar-refractivity contribution is 5.94. The minimum absolute atomic E-state index is 0.0348. The molecule has 25 heavy (non-hydrogen) atoms. The van der Waals surface area contributed by atoms with E-state index >= 15 is 0 Å². The van der Waals surface area contributed by atoms with E-state index in [-0.39, 0.29) is 11.9 Å². The molecule has 0 spiro atoms. The van der Waals surface area contributed by atoms with Crippen LogP contribution >= 0.6 is 0 Å². The van der Waals surface area contributed by atoms with E-state index < -0.39 is 0 Å². The third-order valence-electron chi connectivity index (χ3n) is 3.62. The van der Waals surface area contributed by atoms with E-state index in [1.165, 1.54) is 0 Å². The molecule has 0 aliphatic heterocycles. The highest BCUT2D eigenvalue weighted by Gasteiger charge is 2.11. The molecule has 0 saturated heterocycles. The second-order valence-electron chi connectivity index (χ2n) is 5.78. The van der Waals surface area contributed by atoms with Crippen LogP contribution in [0.3, 0.4) is 0 Å². The van der Waals surface area contributed by atoms with Crippen LogP contribution in [0.2, 0.25) is 0 Å². The third kappa shape index (κ3) is 4.91. The Labute approximate surface area is 146 Å². The van der Waals surface area contributed by atoms with E-state index in [4.69, 9.17) is 4.74 Å². The van der Waals surface area contributed by atoms with Gasteiger partial charge in [0.05, 0.1) is 6.54 Å². The summed E-state index contributed by atoms with van der Waals surface area (Å²) in [5.74, 6) is 0.516. The Kier molecular flexibility index (Phi) is 5.41. The maximum absolute atomic E-state index is 12.4. The SMILES string of the molecule is C[C@@H](Cn1cccn1)NC(=O)c1cccc(OCc2cccnc2)c1. The number of benzene rings is 1. The van der Waals surface area contributed by atoms with Crippen LogP contribution in [0.1, 0.15) is 22.8 Å². The summed E-state index contributed by atoms with van der Waals surface area (Å²) in [7, 11) is 0. The Morgan fingerprint density at radius 1 is 1.24 bits per heavy atom. The Bertz CT molecular complexity index is 803. The molecule has 6 nitrogen and oxygen atoms in total. The zero-order valence-electron chi connectivity index (χ0n) is 14.0. The first-order valence-corrected chi connectivity index (χ1v) is 8.11. The molecule has 6 heteroatoms. The van der Waals surface area contributed by atoms with Crippen molar-refractivity contribution in [2.45, 2.75) is 26.1 Å². The van der Waals surface area contributed by atoms with Crippen molar-refractivity contribution in [1.29, 1.82) is 0 Å². The van der Waals surface area contributed by atoms with Crippen LogP contribution in [-0.2, 0) is 13.2 Å². The Morgan fingerprint density at radius 2 is 2.16 bits per heavy atom. The minimum Gasteiger partial charge on any atom is -0.489 e. The first-order valence-electron chi connectivity index (χ1n) is 8.11. The largest absolute Gasteiger partial charge is 0.489 e. The molecule has 1 amide bonds. The van der Waals surface area contributed by atoms with Crippen LogP contribution in [0.5, 0.6) is 5.75 Å². The molecule has 3 aromatic rings. The molecular weight excluding hydrogens is 316 g/mol. The highest BCUT2D eigenvalue weighted by atomic mass is 16.5. The molecule has 2 heterocycles. The van der Waals surface area contributed by atoms with Crippen molar-refractivity contribution < 1.29 is 9.53 Å². The summed E-state index contributed by atoms with van der Waals surface area (Å²) in [5, 5.41) is 7.11. The monoisotopic (exact) mass is 336 g/mol. The second kappa shape index (κ2) is 8.10. The van der Waals surface area contributed by atoms with E-state index in [9.17, 15) is 4.79 Å². The van der Waals surface area contributed by atoms with Crippen LogP contribution in [0, 0.1) is 0 Å². The van der Waals surface area contributed by atoms with Gasteiger partial charge in [-0.25, -0.2) is 0 Å². The van der Waals surface area contributed by atoms with Crippen LogP contribution < -0.4 is 10.1 Å². The van der Waals surface area contributed by atoms with Gasteiger partial charge in [0.1, 0.15) is 12.4 Å². The number of rotatable bonds is 7. The van der Waals surface area contributed by atoms with Crippen molar-refractivity contribution in [3.8, 4) is 5.75 Å². The fraction of sp³-hybridized carbons (Fsp3) is 0.211. The van der Waals surface area contributed by atoms with Crippen LogP contribution in [0.4, 0.5) is 0 Å². The number of aromatic nitrogens is 3. The summed E-state index contributed by atoms with van der Waals surface area (Å²) in [6, 6.07) is 12.8. The second-order valence-corrected chi connectivity index (χ2v) is 5.78. The summed E-state index contributed by atoms with van der Waals surface area (Å²) >= 11 is 0. The van der Waals surface area contributed by atoms with Gasteiger partial charge >= 0.3 is 0 Å². The Morgan fingerprint density at radius 3 is 2.92 bits per heavy atom. The van der Waals surface area contributed by atoms with Gasteiger partial charge in [-0.1, -0.05) is 12.1 Å². The number of nitrogens with one attached hydrogen (secondary N) is 1. The van der Waals surface area contributed by atoms with Gasteiger partial charge < -0.3 is 10.1 Å².